The largest absolute Gasteiger partial charge is 0.453 e. The number of nitrogens with one attached hydrogen (secondary N) is 1. The van der Waals surface area contributed by atoms with Gasteiger partial charge in [0.15, 0.2) is 12.4 Å². The highest BCUT2D eigenvalue weighted by atomic mass is 16.7. The van der Waals surface area contributed by atoms with Gasteiger partial charge in [-0.1, -0.05) is 48.5 Å². The highest BCUT2D eigenvalue weighted by Crippen LogP contribution is 2.38. The Balaban J connectivity index is 1.43. The third-order valence-electron chi connectivity index (χ3n) is 6.75. The molecule has 2 saturated heterocycles. The van der Waals surface area contributed by atoms with E-state index in [4.69, 9.17) is 14.2 Å². The average Bonchev–Trinajstić information content (AvgIpc) is 3.31. The van der Waals surface area contributed by atoms with E-state index in [1.54, 1.807) is 0 Å². The Morgan fingerprint density at radius 3 is 2.38 bits per heavy atom. The van der Waals surface area contributed by atoms with E-state index in [0.29, 0.717) is 26.1 Å². The summed E-state index contributed by atoms with van der Waals surface area (Å²) in [5.74, 6) is -0.857. The molecule has 1 amide bonds. The van der Waals surface area contributed by atoms with Crippen molar-refractivity contribution < 1.29 is 34.0 Å². The average molecular weight is 513 g/mol. The molecular formula is C28H36N2O7. The van der Waals surface area contributed by atoms with Crippen molar-refractivity contribution in [1.29, 1.82) is 0 Å². The number of nitrogens with zero attached hydrogens (tertiary/aromatic N) is 1. The zero-order valence-electron chi connectivity index (χ0n) is 21.3. The Labute approximate surface area is 217 Å². The van der Waals surface area contributed by atoms with Gasteiger partial charge in [0.1, 0.15) is 0 Å². The maximum Gasteiger partial charge on any atom is 0.303 e. The van der Waals surface area contributed by atoms with E-state index in [1.807, 2.05) is 48.5 Å². The molecule has 5 atom stereocenters. The molecule has 0 radical (unpaired) electrons. The topological polar surface area (TPSA) is 118 Å². The molecule has 200 valence electrons. The molecule has 0 aromatic heterocycles. The van der Waals surface area contributed by atoms with Crippen molar-refractivity contribution in [2.45, 2.75) is 70.5 Å². The third-order valence-corrected chi connectivity index (χ3v) is 6.75. The molecule has 2 heterocycles. The van der Waals surface area contributed by atoms with Crippen molar-refractivity contribution in [1.82, 2.24) is 10.2 Å². The van der Waals surface area contributed by atoms with Crippen LogP contribution < -0.4 is 5.32 Å². The Hall–Kier alpha value is -2.82. The lowest BCUT2D eigenvalue weighted by atomic mass is 9.99. The maximum absolute atomic E-state index is 12.1. The molecule has 0 bridgehead atoms. The first-order valence-electron chi connectivity index (χ1n) is 12.8. The van der Waals surface area contributed by atoms with Crippen molar-refractivity contribution in [3.05, 3.63) is 70.8 Å². The van der Waals surface area contributed by atoms with Crippen LogP contribution in [0.3, 0.4) is 0 Å². The minimum absolute atomic E-state index is 0.00702. The number of carbonyl (C=O) groups excluding carboxylic acids is 2. The second-order valence-corrected chi connectivity index (χ2v) is 9.76. The molecule has 0 saturated carbocycles. The molecule has 0 aliphatic carbocycles. The normalized spacial score (nSPS) is 25.0. The number of carbonyl (C=O) groups is 2. The van der Waals surface area contributed by atoms with Crippen LogP contribution in [-0.2, 0) is 37.0 Å². The van der Waals surface area contributed by atoms with Crippen LogP contribution in [0.2, 0.25) is 0 Å². The summed E-state index contributed by atoms with van der Waals surface area (Å²) in [6, 6.07) is 15.4. The van der Waals surface area contributed by atoms with E-state index in [0.717, 1.165) is 35.2 Å². The molecule has 2 aromatic carbocycles. The summed E-state index contributed by atoms with van der Waals surface area (Å²) >= 11 is 0. The number of β-amino-alcohol motifs (C(OH)–C–C–N with tert-alkyl or cyclic N) is 1. The maximum atomic E-state index is 12.1. The summed E-state index contributed by atoms with van der Waals surface area (Å²) in [7, 11) is 0. The van der Waals surface area contributed by atoms with Crippen molar-refractivity contribution >= 4 is 11.9 Å². The van der Waals surface area contributed by atoms with Crippen molar-refractivity contribution in [3.63, 3.8) is 0 Å². The van der Waals surface area contributed by atoms with E-state index in [2.05, 4.69) is 10.2 Å². The van der Waals surface area contributed by atoms with Crippen LogP contribution in [0, 0.1) is 0 Å². The predicted molar refractivity (Wildman–Crippen MR) is 135 cm³/mol. The molecule has 2 aliphatic heterocycles. The Bertz CT molecular complexity index is 1040. The quantitative estimate of drug-likeness (QED) is 0.439. The lowest BCUT2D eigenvalue weighted by molar-refractivity contribution is -0.252. The van der Waals surface area contributed by atoms with Crippen LogP contribution in [0.1, 0.15) is 61.3 Å². The number of aliphatic hydroxyl groups excluding tert-OH is 2. The smallest absolute Gasteiger partial charge is 0.303 e. The number of ether oxygens (including phenoxy) is 3. The lowest BCUT2D eigenvalue weighted by Crippen LogP contribution is -2.38. The molecule has 37 heavy (non-hydrogen) atoms. The van der Waals surface area contributed by atoms with Crippen molar-refractivity contribution in [3.8, 4) is 0 Å². The summed E-state index contributed by atoms with van der Waals surface area (Å²) in [4.78, 5) is 25.4. The van der Waals surface area contributed by atoms with Gasteiger partial charge in [-0.15, -0.1) is 0 Å². The summed E-state index contributed by atoms with van der Waals surface area (Å²) in [6.07, 6.45) is -0.497. The minimum Gasteiger partial charge on any atom is -0.453 e. The standard InChI is InChI=1S/C28H36N2O7/c1-18(35-19(2)32)27(34)29-14-20-3-9-23(10-4-20)28-36-25(16-30-12-11-24(33)15-30)13-26(37-28)22-7-5-21(17-31)6-8-22/h3-10,18,24-26,28,31,33H,11-17H2,1-2H3,(H,29,34). The van der Waals surface area contributed by atoms with Crippen LogP contribution >= 0.6 is 0 Å². The highest BCUT2D eigenvalue weighted by molar-refractivity contribution is 5.82. The van der Waals surface area contributed by atoms with Gasteiger partial charge in [0, 0.05) is 45.1 Å². The first-order chi connectivity index (χ1) is 17.8. The second-order valence-electron chi connectivity index (χ2n) is 9.76. The zero-order chi connectivity index (χ0) is 26.4. The molecule has 3 N–H and O–H groups in total. The van der Waals surface area contributed by atoms with Gasteiger partial charge in [-0.3, -0.25) is 14.5 Å². The summed E-state index contributed by atoms with van der Waals surface area (Å²) in [6.45, 7) is 5.31. The summed E-state index contributed by atoms with van der Waals surface area (Å²) < 4.78 is 17.7. The van der Waals surface area contributed by atoms with Gasteiger partial charge in [0.05, 0.1) is 24.9 Å². The third kappa shape index (κ3) is 7.59. The Morgan fingerprint density at radius 2 is 1.76 bits per heavy atom. The van der Waals surface area contributed by atoms with Gasteiger partial charge in [0.2, 0.25) is 0 Å². The number of aliphatic hydroxyl groups is 2. The van der Waals surface area contributed by atoms with Gasteiger partial charge >= 0.3 is 5.97 Å². The van der Waals surface area contributed by atoms with Crippen molar-refractivity contribution in [2.24, 2.45) is 0 Å². The van der Waals surface area contributed by atoms with E-state index >= 15 is 0 Å². The fourth-order valence-corrected chi connectivity index (χ4v) is 4.73. The summed E-state index contributed by atoms with van der Waals surface area (Å²) in [5, 5.41) is 22.1. The second kappa shape index (κ2) is 12.6. The van der Waals surface area contributed by atoms with E-state index in [9.17, 15) is 19.8 Å². The monoisotopic (exact) mass is 512 g/mol. The number of likely N-dealkylation sites (tertiary alicyclic amines) is 1. The van der Waals surface area contributed by atoms with Crippen LogP contribution in [0.4, 0.5) is 0 Å². The lowest BCUT2D eigenvalue weighted by Gasteiger charge is -2.37. The van der Waals surface area contributed by atoms with Gasteiger partial charge < -0.3 is 29.7 Å². The van der Waals surface area contributed by atoms with Crippen molar-refractivity contribution in [2.75, 3.05) is 19.6 Å². The molecule has 2 aliphatic rings. The van der Waals surface area contributed by atoms with E-state index in [1.165, 1.54) is 13.8 Å². The SMILES string of the molecule is CC(=O)OC(C)C(=O)NCc1ccc(C2OC(CN3CCC(O)C3)CC(c3ccc(CO)cc3)O2)cc1. The van der Waals surface area contributed by atoms with Crippen LogP contribution in [0.15, 0.2) is 48.5 Å². The first kappa shape index (κ1) is 27.2. The van der Waals surface area contributed by atoms with Gasteiger partial charge in [-0.05, 0) is 30.0 Å². The molecule has 9 heteroatoms. The van der Waals surface area contributed by atoms with Crippen LogP contribution in [0.25, 0.3) is 0 Å². The molecule has 0 spiro atoms. The molecule has 9 nitrogen and oxygen atoms in total. The zero-order valence-corrected chi connectivity index (χ0v) is 21.3. The predicted octanol–water partition coefficient (Wildman–Crippen LogP) is 2.36. The van der Waals surface area contributed by atoms with Crippen LogP contribution in [0.5, 0.6) is 0 Å². The van der Waals surface area contributed by atoms with Crippen LogP contribution in [-0.4, -0.2) is 64.9 Å². The molecule has 4 rings (SSSR count). The molecular weight excluding hydrogens is 476 g/mol. The number of amides is 1. The Morgan fingerprint density at radius 1 is 1.08 bits per heavy atom. The number of hydrogen-bond donors (Lipinski definition) is 3. The molecule has 2 fully saturated rings. The van der Waals surface area contributed by atoms with Gasteiger partial charge in [0.25, 0.3) is 5.91 Å². The van der Waals surface area contributed by atoms with Gasteiger partial charge in [-0.25, -0.2) is 0 Å². The summed E-state index contributed by atoms with van der Waals surface area (Å²) in [5.41, 5.74) is 3.63. The molecule has 2 aromatic rings. The van der Waals surface area contributed by atoms with Gasteiger partial charge in [-0.2, -0.15) is 0 Å². The fourth-order valence-electron chi connectivity index (χ4n) is 4.73. The number of esters is 1. The molecule has 5 unspecified atom stereocenters. The van der Waals surface area contributed by atoms with E-state index < -0.39 is 18.4 Å². The number of rotatable bonds is 9. The minimum atomic E-state index is -0.849. The first-order valence-corrected chi connectivity index (χ1v) is 12.8. The Kier molecular flexibility index (Phi) is 9.28. The highest BCUT2D eigenvalue weighted by Gasteiger charge is 2.34. The number of hydrogen-bond acceptors (Lipinski definition) is 8. The number of benzene rings is 2. The fraction of sp³-hybridized carbons (Fsp3) is 0.500. The van der Waals surface area contributed by atoms with E-state index in [-0.39, 0.29) is 30.8 Å².